The topological polar surface area (TPSA) is 75.5 Å². The third-order valence-electron chi connectivity index (χ3n) is 3.42. The lowest BCUT2D eigenvalue weighted by molar-refractivity contribution is -0.384. The number of amides is 1. The molecule has 1 aromatic rings. The van der Waals surface area contributed by atoms with Crippen molar-refractivity contribution in [3.05, 3.63) is 38.9 Å². The first-order chi connectivity index (χ1) is 9.40. The number of hydrogen-bond donors (Lipinski definition) is 1. The lowest BCUT2D eigenvalue weighted by Crippen LogP contribution is -2.56. The van der Waals surface area contributed by atoms with Crippen LogP contribution in [-0.4, -0.2) is 40.9 Å². The van der Waals surface area contributed by atoms with Crippen LogP contribution in [0.5, 0.6) is 0 Å². The summed E-state index contributed by atoms with van der Waals surface area (Å²) in [6, 6.07) is 4.14. The van der Waals surface area contributed by atoms with Gasteiger partial charge in [-0.1, -0.05) is 11.6 Å². The van der Waals surface area contributed by atoms with E-state index in [0.717, 1.165) is 0 Å². The van der Waals surface area contributed by atoms with Crippen LogP contribution in [0.15, 0.2) is 18.2 Å². The molecule has 0 aliphatic carbocycles. The van der Waals surface area contributed by atoms with Gasteiger partial charge in [0.25, 0.3) is 11.6 Å². The minimum Gasteiger partial charge on any atom is -0.333 e. The zero-order chi connectivity index (χ0) is 14.9. The second-order valence-electron chi connectivity index (χ2n) is 5.04. The van der Waals surface area contributed by atoms with E-state index in [4.69, 9.17) is 11.6 Å². The summed E-state index contributed by atoms with van der Waals surface area (Å²) >= 11 is 6.01. The maximum atomic E-state index is 12.5. The fraction of sp³-hybridized carbons (Fsp3) is 0.462. The Labute approximate surface area is 121 Å². The monoisotopic (exact) mass is 297 g/mol. The highest BCUT2D eigenvalue weighted by molar-refractivity contribution is 6.33. The molecule has 0 radical (unpaired) electrons. The van der Waals surface area contributed by atoms with Crippen LogP contribution in [0.4, 0.5) is 5.69 Å². The maximum absolute atomic E-state index is 12.5. The zero-order valence-electron chi connectivity index (χ0n) is 11.3. The van der Waals surface area contributed by atoms with Crippen molar-refractivity contribution in [1.29, 1.82) is 0 Å². The molecule has 1 N–H and O–H groups in total. The van der Waals surface area contributed by atoms with Crippen LogP contribution in [0.25, 0.3) is 0 Å². The van der Waals surface area contributed by atoms with Crippen LogP contribution in [-0.2, 0) is 0 Å². The summed E-state index contributed by atoms with van der Waals surface area (Å²) in [5, 5.41) is 14.3. The fourth-order valence-corrected chi connectivity index (χ4v) is 2.45. The standard InChI is InChI=1S/C13H16ClN3O3/c1-8-7-16(9(2)6-15-8)13(18)11-5-10(17(19)20)3-4-12(11)14/h3-5,8-9,15H,6-7H2,1-2H3. The molecule has 0 aromatic heterocycles. The molecule has 1 fully saturated rings. The molecule has 108 valence electrons. The van der Waals surface area contributed by atoms with Crippen molar-refractivity contribution in [3.63, 3.8) is 0 Å². The molecule has 1 amide bonds. The number of nitrogens with zero attached hydrogens (tertiary/aromatic N) is 2. The second-order valence-corrected chi connectivity index (χ2v) is 5.44. The Balaban J connectivity index is 2.32. The lowest BCUT2D eigenvalue weighted by atomic mass is 10.1. The van der Waals surface area contributed by atoms with Crippen molar-refractivity contribution in [3.8, 4) is 0 Å². The van der Waals surface area contributed by atoms with Gasteiger partial charge >= 0.3 is 0 Å². The molecule has 1 saturated heterocycles. The number of nitro benzene ring substituents is 1. The molecule has 2 rings (SSSR count). The SMILES string of the molecule is CC1CN(C(=O)c2cc([N+](=O)[O-])ccc2Cl)C(C)CN1. The normalized spacial score (nSPS) is 22.6. The van der Waals surface area contributed by atoms with Gasteiger partial charge in [-0.2, -0.15) is 0 Å². The largest absolute Gasteiger partial charge is 0.333 e. The zero-order valence-corrected chi connectivity index (χ0v) is 12.1. The first-order valence-corrected chi connectivity index (χ1v) is 6.76. The summed E-state index contributed by atoms with van der Waals surface area (Å²) in [7, 11) is 0. The van der Waals surface area contributed by atoms with Gasteiger partial charge in [0.05, 0.1) is 15.5 Å². The number of nitrogens with one attached hydrogen (secondary N) is 1. The van der Waals surface area contributed by atoms with Crippen LogP contribution >= 0.6 is 11.6 Å². The lowest BCUT2D eigenvalue weighted by Gasteiger charge is -2.37. The molecule has 20 heavy (non-hydrogen) atoms. The molecule has 1 heterocycles. The molecule has 0 spiro atoms. The van der Waals surface area contributed by atoms with E-state index in [0.29, 0.717) is 13.1 Å². The quantitative estimate of drug-likeness (QED) is 0.670. The summed E-state index contributed by atoms with van der Waals surface area (Å²) < 4.78 is 0. The van der Waals surface area contributed by atoms with Gasteiger partial charge in [0.1, 0.15) is 0 Å². The molecule has 2 atom stereocenters. The molecular formula is C13H16ClN3O3. The van der Waals surface area contributed by atoms with Crippen molar-refractivity contribution < 1.29 is 9.72 Å². The van der Waals surface area contributed by atoms with Crippen LogP contribution in [0.1, 0.15) is 24.2 Å². The number of carbonyl (C=O) groups is 1. The first kappa shape index (κ1) is 14.7. The smallest absolute Gasteiger partial charge is 0.270 e. The summed E-state index contributed by atoms with van der Waals surface area (Å²) in [6.07, 6.45) is 0. The van der Waals surface area contributed by atoms with Crippen molar-refractivity contribution in [2.24, 2.45) is 0 Å². The Morgan fingerprint density at radius 2 is 2.20 bits per heavy atom. The molecule has 1 aliphatic heterocycles. The summed E-state index contributed by atoms with van der Waals surface area (Å²) in [6.45, 7) is 5.17. The number of carbonyl (C=O) groups excluding carboxylic acids is 1. The molecule has 0 saturated carbocycles. The van der Waals surface area contributed by atoms with Gasteiger partial charge in [-0.15, -0.1) is 0 Å². The van der Waals surface area contributed by atoms with Gasteiger partial charge in [0.15, 0.2) is 0 Å². The van der Waals surface area contributed by atoms with E-state index in [1.54, 1.807) is 4.90 Å². The third kappa shape index (κ3) is 2.91. The van der Waals surface area contributed by atoms with Crippen LogP contribution in [0.3, 0.4) is 0 Å². The number of halogens is 1. The number of rotatable bonds is 2. The number of non-ortho nitro benzene ring substituents is 1. The number of hydrogen-bond acceptors (Lipinski definition) is 4. The van der Waals surface area contributed by atoms with Crippen molar-refractivity contribution in [2.75, 3.05) is 13.1 Å². The van der Waals surface area contributed by atoms with Gasteiger partial charge in [0, 0.05) is 37.3 Å². The first-order valence-electron chi connectivity index (χ1n) is 6.38. The summed E-state index contributed by atoms with van der Waals surface area (Å²) in [4.78, 5) is 24.5. The van der Waals surface area contributed by atoms with E-state index < -0.39 is 4.92 Å². The van der Waals surface area contributed by atoms with E-state index in [9.17, 15) is 14.9 Å². The van der Waals surface area contributed by atoms with Gasteiger partial charge < -0.3 is 10.2 Å². The Hall–Kier alpha value is -1.66. The molecule has 6 nitrogen and oxygen atoms in total. The van der Waals surface area contributed by atoms with Crippen LogP contribution in [0.2, 0.25) is 5.02 Å². The van der Waals surface area contributed by atoms with Gasteiger partial charge in [-0.3, -0.25) is 14.9 Å². The van der Waals surface area contributed by atoms with Crippen LogP contribution in [0, 0.1) is 10.1 Å². The molecule has 2 unspecified atom stereocenters. The number of nitro groups is 1. The molecular weight excluding hydrogens is 282 g/mol. The van der Waals surface area contributed by atoms with E-state index >= 15 is 0 Å². The number of piperazine rings is 1. The van der Waals surface area contributed by atoms with E-state index in [-0.39, 0.29) is 34.3 Å². The van der Waals surface area contributed by atoms with Crippen molar-refractivity contribution in [1.82, 2.24) is 10.2 Å². The molecule has 1 aromatic carbocycles. The maximum Gasteiger partial charge on any atom is 0.270 e. The fourth-order valence-electron chi connectivity index (χ4n) is 2.25. The average Bonchev–Trinajstić information content (AvgIpc) is 2.41. The summed E-state index contributed by atoms with van der Waals surface area (Å²) in [5.41, 5.74) is 0.0513. The number of benzene rings is 1. The molecule has 1 aliphatic rings. The Bertz CT molecular complexity index is 550. The average molecular weight is 298 g/mol. The highest BCUT2D eigenvalue weighted by atomic mass is 35.5. The Kier molecular flexibility index (Phi) is 4.25. The second kappa shape index (κ2) is 5.76. The van der Waals surface area contributed by atoms with Gasteiger partial charge in [-0.05, 0) is 19.9 Å². The van der Waals surface area contributed by atoms with Gasteiger partial charge in [-0.25, -0.2) is 0 Å². The minimum atomic E-state index is -0.531. The van der Waals surface area contributed by atoms with E-state index in [1.807, 2.05) is 13.8 Å². The van der Waals surface area contributed by atoms with E-state index in [2.05, 4.69) is 5.32 Å². The predicted octanol–water partition coefficient (Wildman–Crippen LogP) is 2.07. The van der Waals surface area contributed by atoms with Gasteiger partial charge in [0.2, 0.25) is 0 Å². The molecule has 0 bridgehead atoms. The van der Waals surface area contributed by atoms with Crippen molar-refractivity contribution in [2.45, 2.75) is 25.9 Å². The summed E-state index contributed by atoms with van der Waals surface area (Å²) in [5.74, 6) is -0.264. The Morgan fingerprint density at radius 3 is 2.85 bits per heavy atom. The van der Waals surface area contributed by atoms with Crippen molar-refractivity contribution >= 4 is 23.2 Å². The highest BCUT2D eigenvalue weighted by Gasteiger charge is 2.29. The Morgan fingerprint density at radius 1 is 1.50 bits per heavy atom. The highest BCUT2D eigenvalue weighted by Crippen LogP contribution is 2.24. The third-order valence-corrected chi connectivity index (χ3v) is 3.75. The minimum absolute atomic E-state index is 0.0222. The predicted molar refractivity (Wildman–Crippen MR) is 76.1 cm³/mol. The molecule has 7 heteroatoms. The van der Waals surface area contributed by atoms with Crippen LogP contribution < -0.4 is 5.32 Å². The van der Waals surface area contributed by atoms with E-state index in [1.165, 1.54) is 18.2 Å².